The van der Waals surface area contributed by atoms with E-state index in [1.165, 1.54) is 0 Å². The smallest absolute Gasteiger partial charge is 0.246 e. The molecule has 1 aromatic heterocycles. The van der Waals surface area contributed by atoms with Gasteiger partial charge < -0.3 is 10.6 Å². The van der Waals surface area contributed by atoms with Gasteiger partial charge in [0.2, 0.25) is 5.91 Å². The number of amides is 1. The molecule has 4 heteroatoms. The number of hydrogen-bond donors (Lipinski definition) is 1. The van der Waals surface area contributed by atoms with Crippen molar-refractivity contribution in [3.8, 4) is 0 Å². The molecule has 0 spiro atoms. The van der Waals surface area contributed by atoms with E-state index >= 15 is 0 Å². The van der Waals surface area contributed by atoms with Crippen molar-refractivity contribution < 1.29 is 4.79 Å². The summed E-state index contributed by atoms with van der Waals surface area (Å²) in [4.78, 5) is 14.6. The number of carbonyl (C=O) groups excluding carboxylic acids is 1. The summed E-state index contributed by atoms with van der Waals surface area (Å²) in [6.45, 7) is 1.47. The van der Waals surface area contributed by atoms with Gasteiger partial charge in [0.1, 0.15) is 0 Å². The second-order valence-electron chi connectivity index (χ2n) is 3.68. The van der Waals surface area contributed by atoms with Crippen LogP contribution in [0.25, 0.3) is 6.08 Å². The number of nitrogens with zero attached hydrogens (tertiary/aromatic N) is 1. The van der Waals surface area contributed by atoms with E-state index in [0.717, 1.165) is 17.8 Å². The fraction of sp³-hybridized carbons (Fsp3) is 0.364. The molecule has 1 aliphatic heterocycles. The van der Waals surface area contributed by atoms with Gasteiger partial charge in [-0.25, -0.2) is 0 Å². The topological polar surface area (TPSA) is 46.3 Å². The molecule has 15 heavy (non-hydrogen) atoms. The lowest BCUT2D eigenvalue weighted by atomic mass is 10.3. The fourth-order valence-electron chi connectivity index (χ4n) is 1.63. The van der Waals surface area contributed by atoms with Crippen LogP contribution in [-0.4, -0.2) is 29.9 Å². The van der Waals surface area contributed by atoms with Gasteiger partial charge in [-0.1, -0.05) is 6.07 Å². The first-order valence-corrected chi connectivity index (χ1v) is 5.90. The van der Waals surface area contributed by atoms with Crippen LogP contribution < -0.4 is 5.73 Å². The van der Waals surface area contributed by atoms with Gasteiger partial charge in [0, 0.05) is 30.1 Å². The molecule has 3 nitrogen and oxygen atoms in total. The predicted molar refractivity (Wildman–Crippen MR) is 62.5 cm³/mol. The van der Waals surface area contributed by atoms with E-state index in [9.17, 15) is 4.79 Å². The van der Waals surface area contributed by atoms with Crippen LogP contribution in [0.1, 0.15) is 11.3 Å². The quantitative estimate of drug-likeness (QED) is 0.767. The first-order valence-electron chi connectivity index (χ1n) is 5.02. The molecule has 1 atom stereocenters. The number of hydrogen-bond acceptors (Lipinski definition) is 3. The zero-order chi connectivity index (χ0) is 10.7. The van der Waals surface area contributed by atoms with Crippen LogP contribution in [0.15, 0.2) is 23.6 Å². The number of carbonyl (C=O) groups is 1. The molecule has 2 rings (SSSR count). The number of thiophene rings is 1. The summed E-state index contributed by atoms with van der Waals surface area (Å²) < 4.78 is 0. The molecular weight excluding hydrogens is 208 g/mol. The summed E-state index contributed by atoms with van der Waals surface area (Å²) in [7, 11) is 0. The molecule has 1 fully saturated rings. The van der Waals surface area contributed by atoms with E-state index in [1.807, 2.05) is 23.6 Å². The molecule has 1 aromatic rings. The Kier molecular flexibility index (Phi) is 3.18. The molecule has 0 aromatic carbocycles. The Hall–Kier alpha value is -1.13. The van der Waals surface area contributed by atoms with Gasteiger partial charge >= 0.3 is 0 Å². The van der Waals surface area contributed by atoms with E-state index in [-0.39, 0.29) is 11.9 Å². The maximum Gasteiger partial charge on any atom is 0.246 e. The summed E-state index contributed by atoms with van der Waals surface area (Å²) in [5, 5.41) is 2.00. The third kappa shape index (κ3) is 2.67. The minimum Gasteiger partial charge on any atom is -0.338 e. The van der Waals surface area contributed by atoms with Crippen molar-refractivity contribution in [1.29, 1.82) is 0 Å². The molecule has 2 N–H and O–H groups in total. The molecule has 0 unspecified atom stereocenters. The Morgan fingerprint density at radius 2 is 2.53 bits per heavy atom. The summed E-state index contributed by atoms with van der Waals surface area (Å²) in [5.74, 6) is 0.0661. The van der Waals surface area contributed by atoms with E-state index in [4.69, 9.17) is 5.73 Å². The molecule has 0 radical (unpaired) electrons. The van der Waals surface area contributed by atoms with Crippen LogP contribution in [0.3, 0.4) is 0 Å². The molecule has 2 heterocycles. The standard InChI is InChI=1S/C11H14N2OS/c12-9-5-6-13(8-9)11(14)4-3-10-2-1-7-15-10/h1-4,7,9H,5-6,8,12H2/b4-3+/t9-/m1/s1. The van der Waals surface area contributed by atoms with Crippen molar-refractivity contribution in [2.75, 3.05) is 13.1 Å². The van der Waals surface area contributed by atoms with Crippen molar-refractivity contribution >= 4 is 23.3 Å². The van der Waals surface area contributed by atoms with Crippen LogP contribution in [0.2, 0.25) is 0 Å². The van der Waals surface area contributed by atoms with Crippen LogP contribution in [0, 0.1) is 0 Å². The second-order valence-corrected chi connectivity index (χ2v) is 4.66. The van der Waals surface area contributed by atoms with E-state index in [1.54, 1.807) is 22.3 Å². The lowest BCUT2D eigenvalue weighted by molar-refractivity contribution is -0.124. The van der Waals surface area contributed by atoms with Crippen LogP contribution in [-0.2, 0) is 4.79 Å². The number of rotatable bonds is 2. The van der Waals surface area contributed by atoms with Crippen molar-refractivity contribution in [3.05, 3.63) is 28.5 Å². The highest BCUT2D eigenvalue weighted by molar-refractivity contribution is 7.10. The molecule has 0 aliphatic carbocycles. The maximum absolute atomic E-state index is 11.7. The molecular formula is C11H14N2OS. The molecule has 1 amide bonds. The normalized spacial score (nSPS) is 21.4. The van der Waals surface area contributed by atoms with Gasteiger partial charge in [-0.05, 0) is 23.9 Å². The Balaban J connectivity index is 1.92. The van der Waals surface area contributed by atoms with Gasteiger partial charge in [0.25, 0.3) is 0 Å². The average Bonchev–Trinajstić information content (AvgIpc) is 2.84. The lowest BCUT2D eigenvalue weighted by Crippen LogP contribution is -2.30. The molecule has 1 saturated heterocycles. The van der Waals surface area contributed by atoms with Gasteiger partial charge in [-0.15, -0.1) is 11.3 Å². The van der Waals surface area contributed by atoms with Crippen LogP contribution in [0.4, 0.5) is 0 Å². The highest BCUT2D eigenvalue weighted by Crippen LogP contribution is 2.12. The third-order valence-electron chi connectivity index (χ3n) is 2.47. The third-order valence-corrected chi connectivity index (χ3v) is 3.31. The molecule has 80 valence electrons. The van der Waals surface area contributed by atoms with Crippen molar-refractivity contribution in [2.45, 2.75) is 12.5 Å². The van der Waals surface area contributed by atoms with Crippen LogP contribution >= 0.6 is 11.3 Å². The summed E-state index contributed by atoms with van der Waals surface area (Å²) >= 11 is 1.63. The average molecular weight is 222 g/mol. The zero-order valence-electron chi connectivity index (χ0n) is 8.43. The Morgan fingerprint density at radius 3 is 3.13 bits per heavy atom. The predicted octanol–water partition coefficient (Wildman–Crippen LogP) is 1.32. The highest BCUT2D eigenvalue weighted by Gasteiger charge is 2.21. The first kappa shape index (κ1) is 10.4. The SMILES string of the molecule is N[C@@H]1CCN(C(=O)/C=C/c2cccs2)C1. The second kappa shape index (κ2) is 4.59. The minimum atomic E-state index is 0.0661. The summed E-state index contributed by atoms with van der Waals surface area (Å²) in [5.41, 5.74) is 5.74. The zero-order valence-corrected chi connectivity index (χ0v) is 9.24. The Morgan fingerprint density at radius 1 is 1.67 bits per heavy atom. The number of nitrogens with two attached hydrogens (primary N) is 1. The highest BCUT2D eigenvalue weighted by atomic mass is 32.1. The molecule has 0 bridgehead atoms. The largest absolute Gasteiger partial charge is 0.338 e. The van der Waals surface area contributed by atoms with Gasteiger partial charge in [0.15, 0.2) is 0 Å². The Bertz CT molecular complexity index is 359. The van der Waals surface area contributed by atoms with Gasteiger partial charge in [0.05, 0.1) is 0 Å². The lowest BCUT2D eigenvalue weighted by Gasteiger charge is -2.12. The number of likely N-dealkylation sites (tertiary alicyclic amines) is 1. The fourth-order valence-corrected chi connectivity index (χ4v) is 2.25. The van der Waals surface area contributed by atoms with E-state index in [2.05, 4.69) is 0 Å². The van der Waals surface area contributed by atoms with Gasteiger partial charge in [-0.3, -0.25) is 4.79 Å². The summed E-state index contributed by atoms with van der Waals surface area (Å²) in [6, 6.07) is 4.12. The molecule has 0 saturated carbocycles. The van der Waals surface area contributed by atoms with Crippen molar-refractivity contribution in [2.24, 2.45) is 5.73 Å². The Labute approximate surface area is 93.2 Å². The van der Waals surface area contributed by atoms with Crippen molar-refractivity contribution in [3.63, 3.8) is 0 Å². The minimum absolute atomic E-state index is 0.0661. The van der Waals surface area contributed by atoms with E-state index in [0.29, 0.717) is 6.54 Å². The monoisotopic (exact) mass is 222 g/mol. The van der Waals surface area contributed by atoms with Crippen molar-refractivity contribution in [1.82, 2.24) is 4.90 Å². The van der Waals surface area contributed by atoms with E-state index < -0.39 is 0 Å². The maximum atomic E-state index is 11.7. The first-order chi connectivity index (χ1) is 7.25. The van der Waals surface area contributed by atoms with Gasteiger partial charge in [-0.2, -0.15) is 0 Å². The molecule has 1 aliphatic rings. The van der Waals surface area contributed by atoms with Crippen LogP contribution in [0.5, 0.6) is 0 Å². The summed E-state index contributed by atoms with van der Waals surface area (Å²) in [6.07, 6.45) is 4.40.